The Labute approximate surface area is 97.2 Å². The van der Waals surface area contributed by atoms with Crippen LogP contribution in [0.2, 0.25) is 0 Å². The second-order valence-corrected chi connectivity index (χ2v) is 3.00. The molecule has 98 valence electrons. The van der Waals surface area contributed by atoms with E-state index in [0.717, 1.165) is 0 Å². The Bertz CT molecular complexity index is 481. The van der Waals surface area contributed by atoms with Crippen molar-refractivity contribution in [3.8, 4) is 11.8 Å². The minimum atomic E-state index is -5.22. The lowest BCUT2D eigenvalue weighted by Gasteiger charge is -2.14. The van der Waals surface area contributed by atoms with Crippen LogP contribution in [0.3, 0.4) is 0 Å². The number of nitrogens with zero attached hydrogens (tertiary/aromatic N) is 2. The van der Waals surface area contributed by atoms with Crippen molar-refractivity contribution in [1.82, 2.24) is 4.98 Å². The van der Waals surface area contributed by atoms with Crippen LogP contribution in [0.4, 0.5) is 22.0 Å². The van der Waals surface area contributed by atoms with Crippen molar-refractivity contribution in [3.63, 3.8) is 0 Å². The van der Waals surface area contributed by atoms with E-state index in [1.54, 1.807) is 0 Å². The molecular weight excluding hydrogens is 263 g/mol. The van der Waals surface area contributed by atoms with Gasteiger partial charge in [0.15, 0.2) is 11.4 Å². The van der Waals surface area contributed by atoms with E-state index in [-0.39, 0.29) is 5.69 Å². The number of pyridine rings is 1. The molecule has 4 nitrogen and oxygen atoms in total. The van der Waals surface area contributed by atoms with E-state index in [2.05, 4.69) is 9.72 Å². The Kier molecular flexibility index (Phi) is 4.03. The van der Waals surface area contributed by atoms with Crippen molar-refractivity contribution in [1.29, 1.82) is 5.26 Å². The summed E-state index contributed by atoms with van der Waals surface area (Å²) in [5.74, 6) is -1.35. The largest absolute Gasteiger partial charge is 0.573 e. The summed E-state index contributed by atoms with van der Waals surface area (Å²) in [5, 5.41) is 17.3. The fourth-order valence-electron chi connectivity index (χ4n) is 1.15. The van der Waals surface area contributed by atoms with Gasteiger partial charge in [0.25, 0.3) is 6.43 Å². The summed E-state index contributed by atoms with van der Waals surface area (Å²) in [6.45, 7) is -0.791. The molecule has 9 heteroatoms. The van der Waals surface area contributed by atoms with Crippen LogP contribution in [-0.4, -0.2) is 16.5 Å². The predicted octanol–water partition coefficient (Wildman–Crippen LogP) is 2.28. The SMILES string of the molecule is N#Cc1nc(CO)cc(C(F)F)c1OC(F)(F)F. The molecule has 0 atom stereocenters. The number of ether oxygens (including phenoxy) is 1. The third kappa shape index (κ3) is 3.27. The summed E-state index contributed by atoms with van der Waals surface area (Å²) in [6, 6.07) is 1.76. The smallest absolute Gasteiger partial charge is 0.402 e. The molecule has 1 aromatic rings. The first-order chi connectivity index (χ1) is 8.28. The van der Waals surface area contributed by atoms with Gasteiger partial charge < -0.3 is 9.84 Å². The highest BCUT2D eigenvalue weighted by Gasteiger charge is 2.35. The average Bonchev–Trinajstić information content (AvgIpc) is 2.26. The number of aliphatic hydroxyl groups excluding tert-OH is 1. The quantitative estimate of drug-likeness (QED) is 0.854. The molecule has 1 heterocycles. The molecule has 0 radical (unpaired) electrons. The van der Waals surface area contributed by atoms with E-state index < -0.39 is 36.4 Å². The first-order valence-corrected chi connectivity index (χ1v) is 4.37. The van der Waals surface area contributed by atoms with E-state index >= 15 is 0 Å². The monoisotopic (exact) mass is 268 g/mol. The number of alkyl halides is 5. The molecule has 18 heavy (non-hydrogen) atoms. The molecule has 0 unspecified atom stereocenters. The zero-order chi connectivity index (χ0) is 13.9. The third-order valence-corrected chi connectivity index (χ3v) is 1.78. The van der Waals surface area contributed by atoms with Gasteiger partial charge in [0.05, 0.1) is 17.9 Å². The molecule has 0 aromatic carbocycles. The number of halogens is 5. The minimum Gasteiger partial charge on any atom is -0.402 e. The van der Waals surface area contributed by atoms with Gasteiger partial charge in [-0.05, 0) is 6.07 Å². The van der Waals surface area contributed by atoms with Gasteiger partial charge >= 0.3 is 6.36 Å². The summed E-state index contributed by atoms with van der Waals surface area (Å²) >= 11 is 0. The van der Waals surface area contributed by atoms with Crippen molar-refractivity contribution in [2.45, 2.75) is 19.4 Å². The topological polar surface area (TPSA) is 66.1 Å². The molecule has 0 aliphatic rings. The van der Waals surface area contributed by atoms with Gasteiger partial charge in [-0.15, -0.1) is 13.2 Å². The summed E-state index contributed by atoms with van der Waals surface area (Å²) in [4.78, 5) is 3.27. The Balaban J connectivity index is 3.41. The van der Waals surface area contributed by atoms with E-state index in [1.807, 2.05) is 0 Å². The van der Waals surface area contributed by atoms with Crippen molar-refractivity contribution in [2.24, 2.45) is 0 Å². The number of rotatable bonds is 3. The lowest BCUT2D eigenvalue weighted by atomic mass is 10.1. The standard InChI is InChI=1S/C9H5F5N2O2/c10-8(11)5-1-4(3-17)16-6(2-15)7(5)18-9(12,13)14/h1,8,17H,3H2. The van der Waals surface area contributed by atoms with Gasteiger partial charge in [-0.25, -0.2) is 13.8 Å². The lowest BCUT2D eigenvalue weighted by Crippen LogP contribution is -2.20. The van der Waals surface area contributed by atoms with Gasteiger partial charge in [0.1, 0.15) is 6.07 Å². The lowest BCUT2D eigenvalue weighted by molar-refractivity contribution is -0.275. The van der Waals surface area contributed by atoms with Gasteiger partial charge in [0.2, 0.25) is 0 Å². The Morgan fingerprint density at radius 3 is 2.44 bits per heavy atom. The van der Waals surface area contributed by atoms with E-state index in [0.29, 0.717) is 6.07 Å². The second kappa shape index (κ2) is 5.14. The van der Waals surface area contributed by atoms with Crippen LogP contribution in [0.25, 0.3) is 0 Å². The normalized spacial score (nSPS) is 11.4. The molecule has 1 aromatic heterocycles. The molecule has 0 fully saturated rings. The van der Waals surface area contributed by atoms with Crippen LogP contribution in [0.15, 0.2) is 6.07 Å². The molecule has 0 amide bonds. The van der Waals surface area contributed by atoms with E-state index in [9.17, 15) is 22.0 Å². The maximum absolute atomic E-state index is 12.6. The Morgan fingerprint density at radius 2 is 2.06 bits per heavy atom. The average molecular weight is 268 g/mol. The summed E-state index contributed by atoms with van der Waals surface area (Å²) in [5.41, 5.74) is -2.46. The number of nitriles is 1. The molecule has 0 saturated carbocycles. The van der Waals surface area contributed by atoms with Crippen molar-refractivity contribution >= 4 is 0 Å². The Morgan fingerprint density at radius 1 is 1.44 bits per heavy atom. The first kappa shape index (κ1) is 14.1. The van der Waals surface area contributed by atoms with Crippen molar-refractivity contribution in [2.75, 3.05) is 0 Å². The highest BCUT2D eigenvalue weighted by molar-refractivity contribution is 5.46. The minimum absolute atomic E-state index is 0.351. The van der Waals surface area contributed by atoms with Crippen molar-refractivity contribution in [3.05, 3.63) is 23.0 Å². The first-order valence-electron chi connectivity index (χ1n) is 4.37. The second-order valence-electron chi connectivity index (χ2n) is 3.00. The Hall–Kier alpha value is -1.95. The summed E-state index contributed by atoms with van der Waals surface area (Å²) < 4.78 is 64.6. The fraction of sp³-hybridized carbons (Fsp3) is 0.333. The molecule has 0 spiro atoms. The summed E-state index contributed by atoms with van der Waals surface area (Å²) in [7, 11) is 0. The molecule has 0 bridgehead atoms. The zero-order valence-corrected chi connectivity index (χ0v) is 8.50. The number of aromatic nitrogens is 1. The van der Waals surface area contributed by atoms with Gasteiger partial charge in [0, 0.05) is 0 Å². The zero-order valence-electron chi connectivity index (χ0n) is 8.50. The number of hydrogen-bond donors (Lipinski definition) is 1. The summed E-state index contributed by atoms with van der Waals surface area (Å²) in [6.07, 6.45) is -8.53. The van der Waals surface area contributed by atoms with Crippen LogP contribution in [0, 0.1) is 11.3 Å². The predicted molar refractivity (Wildman–Crippen MR) is 46.5 cm³/mol. The molecular formula is C9H5F5N2O2. The molecule has 0 aliphatic heterocycles. The van der Waals surface area contributed by atoms with E-state index in [1.165, 1.54) is 6.07 Å². The van der Waals surface area contributed by atoms with Crippen LogP contribution in [0.1, 0.15) is 23.4 Å². The van der Waals surface area contributed by atoms with Crippen LogP contribution >= 0.6 is 0 Å². The fourth-order valence-corrected chi connectivity index (χ4v) is 1.15. The van der Waals surface area contributed by atoms with Crippen LogP contribution in [0.5, 0.6) is 5.75 Å². The molecule has 1 N–H and O–H groups in total. The number of hydrogen-bond acceptors (Lipinski definition) is 4. The third-order valence-electron chi connectivity index (χ3n) is 1.78. The van der Waals surface area contributed by atoms with E-state index in [4.69, 9.17) is 10.4 Å². The van der Waals surface area contributed by atoms with Gasteiger partial charge in [-0.3, -0.25) is 0 Å². The molecule has 0 saturated heterocycles. The van der Waals surface area contributed by atoms with Crippen LogP contribution in [-0.2, 0) is 6.61 Å². The highest BCUT2D eigenvalue weighted by atomic mass is 19.4. The van der Waals surface area contributed by atoms with Gasteiger partial charge in [-0.1, -0.05) is 0 Å². The molecule has 0 aliphatic carbocycles. The number of aliphatic hydroxyl groups is 1. The molecule has 1 rings (SSSR count). The van der Waals surface area contributed by atoms with Gasteiger partial charge in [-0.2, -0.15) is 5.26 Å². The van der Waals surface area contributed by atoms with Crippen molar-refractivity contribution < 1.29 is 31.8 Å². The maximum Gasteiger partial charge on any atom is 0.573 e. The highest BCUT2D eigenvalue weighted by Crippen LogP contribution is 2.35. The van der Waals surface area contributed by atoms with Crippen LogP contribution < -0.4 is 4.74 Å². The maximum atomic E-state index is 12.6.